The van der Waals surface area contributed by atoms with Crippen molar-refractivity contribution in [3.8, 4) is 0 Å². The van der Waals surface area contributed by atoms with Gasteiger partial charge < -0.3 is 19.8 Å². The van der Waals surface area contributed by atoms with Crippen molar-refractivity contribution >= 4 is 16.9 Å². The molecule has 0 saturated carbocycles. The van der Waals surface area contributed by atoms with Crippen molar-refractivity contribution in [1.82, 2.24) is 15.0 Å². The molecule has 2 aromatic rings. The SMILES string of the molecule is Cc1nc(N2CCC3(CC2)OCC[C@H](O)[C@@H]3O)c2cccnc2n1. The van der Waals surface area contributed by atoms with Crippen LogP contribution in [0, 0.1) is 6.92 Å². The number of ether oxygens (including phenoxy) is 1. The van der Waals surface area contributed by atoms with E-state index in [1.165, 1.54) is 0 Å². The molecular formula is C17H22N4O3. The van der Waals surface area contributed by atoms with Crippen LogP contribution < -0.4 is 4.90 Å². The van der Waals surface area contributed by atoms with Gasteiger partial charge in [0.2, 0.25) is 0 Å². The van der Waals surface area contributed by atoms with Gasteiger partial charge in [0.25, 0.3) is 0 Å². The first kappa shape index (κ1) is 15.7. The van der Waals surface area contributed by atoms with Gasteiger partial charge in [0.05, 0.1) is 23.7 Å². The van der Waals surface area contributed by atoms with Gasteiger partial charge in [-0.15, -0.1) is 0 Å². The molecule has 7 nitrogen and oxygen atoms in total. The lowest BCUT2D eigenvalue weighted by Gasteiger charge is -2.48. The second-order valence-corrected chi connectivity index (χ2v) is 6.67. The van der Waals surface area contributed by atoms with E-state index in [1.807, 2.05) is 19.1 Å². The van der Waals surface area contributed by atoms with Crippen molar-refractivity contribution in [2.45, 2.75) is 44.0 Å². The molecule has 24 heavy (non-hydrogen) atoms. The van der Waals surface area contributed by atoms with Crippen molar-refractivity contribution in [1.29, 1.82) is 0 Å². The molecule has 0 aromatic carbocycles. The van der Waals surface area contributed by atoms with E-state index in [2.05, 4.69) is 19.9 Å². The maximum absolute atomic E-state index is 10.4. The monoisotopic (exact) mass is 330 g/mol. The molecule has 0 amide bonds. The Morgan fingerprint density at radius 1 is 1.25 bits per heavy atom. The van der Waals surface area contributed by atoms with Crippen LogP contribution >= 0.6 is 0 Å². The Bertz CT molecular complexity index is 746. The number of fused-ring (bicyclic) bond motifs is 1. The number of aromatic nitrogens is 3. The third-order valence-corrected chi connectivity index (χ3v) is 5.18. The predicted molar refractivity (Wildman–Crippen MR) is 88.8 cm³/mol. The minimum Gasteiger partial charge on any atom is -0.390 e. The summed E-state index contributed by atoms with van der Waals surface area (Å²) in [6, 6.07) is 3.87. The van der Waals surface area contributed by atoms with E-state index in [9.17, 15) is 10.2 Å². The van der Waals surface area contributed by atoms with Crippen molar-refractivity contribution in [3.05, 3.63) is 24.2 Å². The molecule has 0 bridgehead atoms. The Balaban J connectivity index is 1.60. The summed E-state index contributed by atoms with van der Waals surface area (Å²) < 4.78 is 5.90. The van der Waals surface area contributed by atoms with E-state index in [-0.39, 0.29) is 0 Å². The second-order valence-electron chi connectivity index (χ2n) is 6.67. The predicted octanol–water partition coefficient (Wildman–Crippen LogP) is 0.814. The van der Waals surface area contributed by atoms with Gasteiger partial charge >= 0.3 is 0 Å². The molecule has 1 spiro atoms. The lowest BCUT2D eigenvalue weighted by Crippen LogP contribution is -2.60. The van der Waals surface area contributed by atoms with Gasteiger partial charge in [0.15, 0.2) is 5.65 Å². The number of piperidine rings is 1. The van der Waals surface area contributed by atoms with Crippen molar-refractivity contribution < 1.29 is 14.9 Å². The zero-order valence-electron chi connectivity index (χ0n) is 13.7. The number of nitrogens with zero attached hydrogens (tertiary/aromatic N) is 4. The molecule has 2 aromatic heterocycles. The average molecular weight is 330 g/mol. The standard InChI is InChI=1S/C17H22N4O3/c1-11-19-15-12(3-2-7-18-15)16(20-11)21-8-5-17(6-9-21)14(23)13(22)4-10-24-17/h2-3,7,13-14,22-23H,4-6,8-10H2,1H3/t13-,14-/m0/s1. The molecule has 2 N–H and O–H groups in total. The van der Waals surface area contributed by atoms with Gasteiger partial charge in [-0.1, -0.05) is 0 Å². The quantitative estimate of drug-likeness (QED) is 0.799. The number of aliphatic hydroxyl groups excluding tert-OH is 2. The summed E-state index contributed by atoms with van der Waals surface area (Å²) in [6.45, 7) is 3.79. The molecule has 0 unspecified atom stereocenters. The van der Waals surface area contributed by atoms with E-state index in [4.69, 9.17) is 4.74 Å². The van der Waals surface area contributed by atoms with E-state index >= 15 is 0 Å². The van der Waals surface area contributed by atoms with Crippen LogP contribution in [0.15, 0.2) is 18.3 Å². The Labute approximate surface area is 140 Å². The lowest BCUT2D eigenvalue weighted by atomic mass is 9.80. The molecule has 2 saturated heterocycles. The highest BCUT2D eigenvalue weighted by atomic mass is 16.5. The second kappa shape index (κ2) is 5.91. The zero-order chi connectivity index (χ0) is 16.7. The highest BCUT2D eigenvalue weighted by Crippen LogP contribution is 2.37. The third-order valence-electron chi connectivity index (χ3n) is 5.18. The highest BCUT2D eigenvalue weighted by molar-refractivity contribution is 5.86. The summed E-state index contributed by atoms with van der Waals surface area (Å²) in [5.41, 5.74) is 0.0641. The molecule has 4 heterocycles. The number of aliphatic hydroxyl groups is 2. The number of hydrogen-bond acceptors (Lipinski definition) is 7. The van der Waals surface area contributed by atoms with Crippen molar-refractivity contribution in [2.24, 2.45) is 0 Å². The van der Waals surface area contributed by atoms with Crippen LogP contribution in [-0.4, -0.2) is 62.7 Å². The maximum atomic E-state index is 10.4. The van der Waals surface area contributed by atoms with Crippen LogP contribution in [0.1, 0.15) is 25.1 Å². The molecule has 2 atom stereocenters. The van der Waals surface area contributed by atoms with Gasteiger partial charge in [-0.2, -0.15) is 0 Å². The third kappa shape index (κ3) is 2.53. The van der Waals surface area contributed by atoms with Crippen LogP contribution in [0.3, 0.4) is 0 Å². The topological polar surface area (TPSA) is 91.6 Å². The first-order valence-corrected chi connectivity index (χ1v) is 8.43. The number of hydrogen-bond donors (Lipinski definition) is 2. The Morgan fingerprint density at radius 2 is 2.04 bits per heavy atom. The molecule has 2 fully saturated rings. The summed E-state index contributed by atoms with van der Waals surface area (Å²) in [5, 5.41) is 21.3. The fourth-order valence-electron chi connectivity index (χ4n) is 3.81. The molecule has 0 radical (unpaired) electrons. The highest BCUT2D eigenvalue weighted by Gasteiger charge is 2.47. The van der Waals surface area contributed by atoms with E-state index in [1.54, 1.807) is 6.20 Å². The van der Waals surface area contributed by atoms with E-state index < -0.39 is 17.8 Å². The molecule has 2 aliphatic rings. The number of pyridine rings is 1. The van der Waals surface area contributed by atoms with Gasteiger partial charge in [0, 0.05) is 19.3 Å². The van der Waals surface area contributed by atoms with Crippen molar-refractivity contribution in [2.75, 3.05) is 24.6 Å². The van der Waals surface area contributed by atoms with Gasteiger partial charge in [-0.3, -0.25) is 0 Å². The molecule has 128 valence electrons. The van der Waals surface area contributed by atoms with Crippen LogP contribution in [0.2, 0.25) is 0 Å². The van der Waals surface area contributed by atoms with Crippen LogP contribution in [-0.2, 0) is 4.74 Å². The van der Waals surface area contributed by atoms with Crippen LogP contribution in [0.5, 0.6) is 0 Å². The fraction of sp³-hybridized carbons (Fsp3) is 0.588. The summed E-state index contributed by atoms with van der Waals surface area (Å²) in [6.07, 6.45) is 2.04. The Morgan fingerprint density at radius 3 is 2.83 bits per heavy atom. The smallest absolute Gasteiger partial charge is 0.164 e. The minimum absolute atomic E-state index is 0.494. The van der Waals surface area contributed by atoms with Crippen LogP contribution in [0.4, 0.5) is 5.82 Å². The summed E-state index contributed by atoms with van der Waals surface area (Å²) in [7, 11) is 0. The Kier molecular flexibility index (Phi) is 3.86. The lowest BCUT2D eigenvalue weighted by molar-refractivity contribution is -0.205. The molecule has 4 rings (SSSR count). The van der Waals surface area contributed by atoms with Gasteiger partial charge in [0.1, 0.15) is 17.7 Å². The van der Waals surface area contributed by atoms with Gasteiger partial charge in [-0.25, -0.2) is 15.0 Å². The van der Waals surface area contributed by atoms with E-state index in [0.29, 0.717) is 50.4 Å². The fourth-order valence-corrected chi connectivity index (χ4v) is 3.81. The molecular weight excluding hydrogens is 308 g/mol. The zero-order valence-corrected chi connectivity index (χ0v) is 13.7. The Hall–Kier alpha value is -1.83. The number of anilines is 1. The molecule has 0 aliphatic carbocycles. The normalized spacial score (nSPS) is 26.9. The molecule has 2 aliphatic heterocycles. The van der Waals surface area contributed by atoms with Crippen LogP contribution in [0.25, 0.3) is 11.0 Å². The first-order valence-electron chi connectivity index (χ1n) is 8.43. The maximum Gasteiger partial charge on any atom is 0.164 e. The van der Waals surface area contributed by atoms with Gasteiger partial charge in [-0.05, 0) is 38.3 Å². The van der Waals surface area contributed by atoms with Crippen molar-refractivity contribution in [3.63, 3.8) is 0 Å². The number of aryl methyl sites for hydroxylation is 1. The summed E-state index contributed by atoms with van der Waals surface area (Å²) in [4.78, 5) is 15.5. The average Bonchev–Trinajstić information content (AvgIpc) is 2.60. The summed E-state index contributed by atoms with van der Waals surface area (Å²) >= 11 is 0. The van der Waals surface area contributed by atoms with E-state index in [0.717, 1.165) is 11.2 Å². The largest absolute Gasteiger partial charge is 0.390 e. The number of rotatable bonds is 1. The minimum atomic E-state index is -0.820. The first-order chi connectivity index (χ1) is 11.6. The summed E-state index contributed by atoms with van der Waals surface area (Å²) in [5.74, 6) is 1.58. The molecule has 7 heteroatoms.